The molecule has 6 heterocycles. The largest absolute Gasteiger partial charge is 0.455 e. The van der Waals surface area contributed by atoms with Gasteiger partial charge in [0.2, 0.25) is 0 Å². The van der Waals surface area contributed by atoms with Crippen LogP contribution in [0, 0.1) is 0 Å². The Bertz CT molecular complexity index is 8500. The monoisotopic (exact) mass is 1570 g/mol. The van der Waals surface area contributed by atoms with Crippen LogP contribution >= 0.6 is 0 Å². The second-order valence-electron chi connectivity index (χ2n) is 34.7. The number of fused-ring (bicyclic) bond motifs is 16. The van der Waals surface area contributed by atoms with Crippen LogP contribution in [0.4, 0.5) is 34.1 Å². The van der Waals surface area contributed by atoms with E-state index >= 15 is 0 Å². The van der Waals surface area contributed by atoms with Gasteiger partial charge in [0.25, 0.3) is 6.71 Å². The van der Waals surface area contributed by atoms with E-state index in [0.29, 0.717) is 100 Å². The van der Waals surface area contributed by atoms with Crippen LogP contribution < -0.4 is 26.2 Å². The van der Waals surface area contributed by atoms with Crippen LogP contribution in [0.25, 0.3) is 166 Å². The summed E-state index contributed by atoms with van der Waals surface area (Å²) in [6, 6.07) is 63.8. The molecule has 0 atom stereocenters. The Kier molecular flexibility index (Phi) is 12.0. The number of anilines is 6. The van der Waals surface area contributed by atoms with Gasteiger partial charge in [-0.25, -0.2) is 0 Å². The highest BCUT2D eigenvalue weighted by Crippen LogP contribution is 2.57. The molecule has 0 amide bonds. The minimum Gasteiger partial charge on any atom is -0.455 e. The zero-order valence-corrected chi connectivity index (χ0v) is 67.8. The van der Waals surface area contributed by atoms with Crippen molar-refractivity contribution < 1.29 is 36.2 Å². The average Bonchev–Trinajstić information content (AvgIpc) is 1.49. The molecule has 0 saturated carbocycles. The summed E-state index contributed by atoms with van der Waals surface area (Å²) in [7, 11) is 0. The van der Waals surface area contributed by atoms with Crippen molar-refractivity contribution in [1.82, 2.24) is 9.13 Å². The van der Waals surface area contributed by atoms with Gasteiger partial charge in [0, 0.05) is 111 Å². The molecule has 0 saturated heterocycles. The maximum atomic E-state index is 12.1. The van der Waals surface area contributed by atoms with E-state index in [1.54, 1.807) is 36.4 Å². The summed E-state index contributed by atoms with van der Waals surface area (Å²) in [5.74, 6) is 0. The van der Waals surface area contributed by atoms with Gasteiger partial charge in [-0.15, -0.1) is 0 Å². The lowest BCUT2D eigenvalue weighted by atomic mass is 9.33. The predicted octanol–water partition coefficient (Wildman–Crippen LogP) is 29.7. The molecule has 2 aliphatic rings. The van der Waals surface area contributed by atoms with Crippen molar-refractivity contribution in [1.29, 1.82) is 0 Å². The van der Waals surface area contributed by atoms with E-state index in [-0.39, 0.29) is 99.3 Å². The summed E-state index contributed by atoms with van der Waals surface area (Å²) in [6.07, 6.45) is 0. The molecule has 0 N–H and O–H groups in total. The normalized spacial score (nSPS) is 15.3. The van der Waals surface area contributed by atoms with Crippen LogP contribution in [-0.2, 0) is 16.2 Å². The molecule has 0 spiro atoms. The molecule has 0 bridgehead atoms. The lowest BCUT2D eigenvalue weighted by Gasteiger charge is -2.47. The number of benzene rings is 17. The number of furan rings is 2. The summed E-state index contributed by atoms with van der Waals surface area (Å²) >= 11 is 0. The van der Waals surface area contributed by atoms with Gasteiger partial charge >= 0.3 is 0 Å². The highest BCUT2D eigenvalue weighted by atomic mass is 16.3. The minimum atomic E-state index is -1.66. The Balaban J connectivity index is 0.938. The number of hydrogen-bond acceptors (Lipinski definition) is 4. The van der Waals surface area contributed by atoms with Crippen LogP contribution in [0.15, 0.2) is 372 Å². The molecule has 0 fully saturated rings. The van der Waals surface area contributed by atoms with Gasteiger partial charge < -0.3 is 27.8 Å². The molecular formula is C114H87BN4O2. The fraction of sp³-hybridized carbons (Fsp3) is 0.105. The summed E-state index contributed by atoms with van der Waals surface area (Å²) in [4.78, 5) is 3.88. The molecule has 578 valence electrons. The molecule has 6 nitrogen and oxygen atoms in total. The van der Waals surface area contributed by atoms with Gasteiger partial charge in [-0.05, 0) is 192 Å². The van der Waals surface area contributed by atoms with Gasteiger partial charge in [-0.3, -0.25) is 0 Å². The summed E-state index contributed by atoms with van der Waals surface area (Å²) in [5.41, 5.74) is 6.01. The number of rotatable bonds is 10. The van der Waals surface area contributed by atoms with Crippen LogP contribution in [0.1, 0.15) is 106 Å². The van der Waals surface area contributed by atoms with Crippen molar-refractivity contribution in [2.24, 2.45) is 0 Å². The third kappa shape index (κ3) is 11.4. The lowest BCUT2D eigenvalue weighted by Crippen LogP contribution is -2.61. The number of nitrogens with zero attached hydrogens (tertiary/aromatic N) is 4. The first kappa shape index (κ1) is 53.8. The minimum absolute atomic E-state index is 0.118. The maximum absolute atomic E-state index is 12.1. The topological polar surface area (TPSA) is 42.6 Å². The summed E-state index contributed by atoms with van der Waals surface area (Å²) in [5, 5.41) is 1.67. The average molecular weight is 1580 g/mol. The Hall–Kier alpha value is -14.4. The standard InChI is InChI=1S/C114H87BN4O2/c1-112(2,3)76-62-89(70-32-14-10-15-33-70)108(90(63-76)71-34-16-11-17-35-71)118-101-68-79(116-97-48-26-22-40-83(97)93-60-74(52-58-99(93)116)81-44-30-46-87-85-42-24-28-50-105(85)120-110(81)87)54-56-95(101)115-96-57-55-80(117-98-49-27-23-41-84(98)94-61-75(53-59-100(94)117)82-45-31-47-88-86-43-25-29-51-106(86)121-111(82)88)69-102(96)119(104-67-78(114(7,8)9)66-103(118)107(104)115)109-91(72-36-18-12-19-37-72)64-77(113(4,5)6)65-92(109)73-38-20-13-21-39-73/h10-69H,1-9H3/i22D,23D,26D,27D,40D,41D,48D,49D,52D,53D,54D,55D,56D,57D,58D,59D,60D,61D,68D,69D. The Morgan fingerprint density at radius 1 is 0.273 bits per heavy atom. The summed E-state index contributed by atoms with van der Waals surface area (Å²) in [6.45, 7) is 17.2. The zero-order valence-electron chi connectivity index (χ0n) is 87.8. The van der Waals surface area contributed by atoms with Gasteiger partial charge in [0.1, 0.15) is 22.3 Å². The van der Waals surface area contributed by atoms with Crippen molar-refractivity contribution in [3.05, 3.63) is 380 Å². The smallest absolute Gasteiger partial charge is 0.252 e. The highest BCUT2D eigenvalue weighted by Gasteiger charge is 2.47. The van der Waals surface area contributed by atoms with Gasteiger partial charge in [-0.2, -0.15) is 0 Å². The Labute approximate surface area is 733 Å². The highest BCUT2D eigenvalue weighted by molar-refractivity contribution is 7.00. The van der Waals surface area contributed by atoms with E-state index < -0.39 is 155 Å². The Morgan fingerprint density at radius 2 is 0.612 bits per heavy atom. The quantitative estimate of drug-likeness (QED) is 0.128. The molecular weight excluding hydrogens is 1470 g/mol. The maximum Gasteiger partial charge on any atom is 0.252 e. The number of hydrogen-bond donors (Lipinski definition) is 0. The molecule has 4 aromatic heterocycles. The van der Waals surface area contributed by atoms with E-state index in [9.17, 15) is 27.4 Å². The summed E-state index contributed by atoms with van der Waals surface area (Å²) < 4.78 is 229. The van der Waals surface area contributed by atoms with Crippen molar-refractivity contribution in [2.45, 2.75) is 78.6 Å². The predicted molar refractivity (Wildman–Crippen MR) is 512 cm³/mol. The van der Waals surface area contributed by atoms with Crippen LogP contribution in [0.3, 0.4) is 0 Å². The lowest BCUT2D eigenvalue weighted by molar-refractivity contribution is 0.590. The van der Waals surface area contributed by atoms with E-state index in [1.807, 2.05) is 192 Å². The van der Waals surface area contributed by atoms with Crippen molar-refractivity contribution in [2.75, 3.05) is 9.80 Å². The van der Waals surface area contributed by atoms with Crippen LogP contribution in [0.2, 0.25) is 0 Å². The molecule has 2 aliphatic heterocycles. The molecule has 0 aliphatic carbocycles. The van der Waals surface area contributed by atoms with E-state index in [1.165, 1.54) is 9.13 Å². The van der Waals surface area contributed by atoms with E-state index in [0.717, 1.165) is 21.9 Å². The SMILES string of the molecule is [2H]c1c([2H])c(-n2c3c([2H])c([2H])c([2H])c([2H])c3c3c([2H])c(-c4cccc5c4oc4ccccc45)c([2H])c([2H])c32)c([2H])c2c1B1c3c(cc(C(C)(C)C)cc3N(c3c(-c4ccccc4)cc(C(C)(C)C)cc3-c3ccccc3)c3c([2H])c(-n4c5c([2H])c([2H])c([2H])c([2H])c5c5c([2H])c(-c6cccc7c6oc6ccccc67)c([2H])c([2H])c54)c([2H])c([2H])c31)N2c1c(-c2ccccc2)cc(C(C)(C)C)cc1-c1ccccc1. The molecule has 7 heteroatoms. The van der Waals surface area contributed by atoms with Crippen molar-refractivity contribution in [3.63, 3.8) is 0 Å². The van der Waals surface area contributed by atoms with Crippen LogP contribution in [0.5, 0.6) is 0 Å². The first-order valence-corrected chi connectivity index (χ1v) is 40.9. The fourth-order valence-electron chi connectivity index (χ4n) is 18.2. The van der Waals surface area contributed by atoms with Gasteiger partial charge in [0.05, 0.1) is 60.9 Å². The number of para-hydroxylation sites is 6. The third-order valence-corrected chi connectivity index (χ3v) is 24.3. The van der Waals surface area contributed by atoms with E-state index in [4.69, 9.17) is 8.83 Å². The molecule has 0 radical (unpaired) electrons. The van der Waals surface area contributed by atoms with Crippen molar-refractivity contribution in [3.8, 4) is 78.1 Å². The zero-order chi connectivity index (χ0) is 98.9. The molecule has 0 unspecified atom stereocenters. The second-order valence-corrected chi connectivity index (χ2v) is 34.7. The van der Waals surface area contributed by atoms with Crippen molar-refractivity contribution >= 4 is 145 Å². The van der Waals surface area contributed by atoms with Gasteiger partial charge in [-0.1, -0.05) is 317 Å². The Morgan fingerprint density at radius 3 is 0.992 bits per heavy atom. The van der Waals surface area contributed by atoms with E-state index in [2.05, 4.69) is 86.6 Å². The molecule has 121 heavy (non-hydrogen) atoms. The third-order valence-electron chi connectivity index (χ3n) is 24.3. The first-order chi connectivity index (χ1) is 67.3. The van der Waals surface area contributed by atoms with Gasteiger partial charge in [0.15, 0.2) is 0 Å². The molecule has 17 aromatic carbocycles. The van der Waals surface area contributed by atoms with Crippen LogP contribution in [-0.4, -0.2) is 15.8 Å². The molecule has 23 rings (SSSR count). The molecule has 21 aromatic rings. The first-order valence-electron chi connectivity index (χ1n) is 50.9. The number of aromatic nitrogens is 2. The second kappa shape index (κ2) is 27.1. The fourth-order valence-corrected chi connectivity index (χ4v) is 18.2.